The topological polar surface area (TPSA) is 75.4 Å². The Bertz CT molecular complexity index is 494. The van der Waals surface area contributed by atoms with E-state index in [1.54, 1.807) is 37.1 Å². The number of urea groups is 1. The van der Waals surface area contributed by atoms with E-state index in [0.29, 0.717) is 16.6 Å². The van der Waals surface area contributed by atoms with E-state index in [9.17, 15) is 9.59 Å². The van der Waals surface area contributed by atoms with E-state index in [2.05, 4.69) is 0 Å². The Labute approximate surface area is 121 Å². The average molecular weight is 304 g/mol. The Kier molecular flexibility index (Phi) is 5.60. The van der Waals surface area contributed by atoms with Crippen LogP contribution < -0.4 is 11.1 Å². The zero-order valence-electron chi connectivity index (χ0n) is 10.6. The normalized spacial score (nSPS) is 12.3. The highest BCUT2D eigenvalue weighted by Gasteiger charge is 2.19. The summed E-state index contributed by atoms with van der Waals surface area (Å²) in [5, 5.41) is 3.12. The molecule has 1 atom stereocenters. The number of hydrogen-bond acceptors (Lipinski definition) is 3. The summed E-state index contributed by atoms with van der Waals surface area (Å²) >= 11 is 11.9. The van der Waals surface area contributed by atoms with Gasteiger partial charge < -0.3 is 5.73 Å². The number of primary amides is 1. The molecule has 1 aromatic rings. The molecule has 0 aliphatic rings. The van der Waals surface area contributed by atoms with Crippen molar-refractivity contribution in [2.45, 2.75) is 19.5 Å². The summed E-state index contributed by atoms with van der Waals surface area (Å²) in [4.78, 5) is 24.0. The molecule has 0 aliphatic heterocycles. The Balaban J connectivity index is 2.70. The maximum absolute atomic E-state index is 11.6. The maximum atomic E-state index is 11.6. The molecule has 0 bridgehead atoms. The first-order valence-electron chi connectivity index (χ1n) is 5.55. The van der Waals surface area contributed by atoms with Crippen molar-refractivity contribution in [1.82, 2.24) is 10.2 Å². The number of nitrogens with two attached hydrogens (primary N) is 1. The van der Waals surface area contributed by atoms with Gasteiger partial charge in [-0.05, 0) is 31.7 Å². The predicted octanol–water partition coefficient (Wildman–Crippen LogP) is 2.01. The van der Waals surface area contributed by atoms with Crippen LogP contribution in [0.15, 0.2) is 18.2 Å². The quantitative estimate of drug-likeness (QED) is 0.893. The second-order valence-electron chi connectivity index (χ2n) is 4.18. The standard InChI is InChI=1S/C12H15Cl2N3O2/c1-7(11(18)16-12(15)19)17(2)6-8-3-4-9(13)5-10(8)14/h3-5,7H,6H2,1-2H3,(H3,15,16,18,19)/t7-/m1/s1. The van der Waals surface area contributed by atoms with Crippen molar-refractivity contribution in [3.8, 4) is 0 Å². The Morgan fingerprint density at radius 3 is 2.58 bits per heavy atom. The van der Waals surface area contributed by atoms with Gasteiger partial charge in [0.25, 0.3) is 0 Å². The summed E-state index contributed by atoms with van der Waals surface area (Å²) in [5.74, 6) is -0.458. The number of nitrogens with zero attached hydrogens (tertiary/aromatic N) is 1. The maximum Gasteiger partial charge on any atom is 0.318 e. The number of likely N-dealkylation sites (N-methyl/N-ethyl adjacent to an activating group) is 1. The molecule has 0 heterocycles. The molecule has 3 amide bonds. The second-order valence-corrected chi connectivity index (χ2v) is 5.02. The zero-order chi connectivity index (χ0) is 14.6. The van der Waals surface area contributed by atoms with Crippen molar-refractivity contribution >= 4 is 35.1 Å². The number of nitrogens with one attached hydrogen (secondary N) is 1. The molecule has 0 unspecified atom stereocenters. The fourth-order valence-corrected chi connectivity index (χ4v) is 1.95. The lowest BCUT2D eigenvalue weighted by molar-refractivity contribution is -0.124. The minimum absolute atomic E-state index is 0.448. The van der Waals surface area contributed by atoms with Gasteiger partial charge in [0.1, 0.15) is 0 Å². The monoisotopic (exact) mass is 303 g/mol. The van der Waals surface area contributed by atoms with Gasteiger partial charge >= 0.3 is 6.03 Å². The fraction of sp³-hybridized carbons (Fsp3) is 0.333. The van der Waals surface area contributed by atoms with Gasteiger partial charge in [-0.15, -0.1) is 0 Å². The number of benzene rings is 1. The summed E-state index contributed by atoms with van der Waals surface area (Å²) in [6.45, 7) is 2.12. The van der Waals surface area contributed by atoms with Crippen molar-refractivity contribution in [1.29, 1.82) is 0 Å². The van der Waals surface area contributed by atoms with E-state index >= 15 is 0 Å². The Morgan fingerprint density at radius 2 is 2.05 bits per heavy atom. The third-order valence-corrected chi connectivity index (χ3v) is 3.31. The van der Waals surface area contributed by atoms with E-state index in [4.69, 9.17) is 28.9 Å². The fourth-order valence-electron chi connectivity index (χ4n) is 1.48. The van der Waals surface area contributed by atoms with Crippen molar-refractivity contribution < 1.29 is 9.59 Å². The van der Waals surface area contributed by atoms with Crippen molar-refractivity contribution in [3.63, 3.8) is 0 Å². The molecule has 104 valence electrons. The average Bonchev–Trinajstić information content (AvgIpc) is 2.30. The summed E-state index contributed by atoms with van der Waals surface area (Å²) in [7, 11) is 1.75. The largest absolute Gasteiger partial charge is 0.351 e. The predicted molar refractivity (Wildman–Crippen MR) is 75.1 cm³/mol. The van der Waals surface area contributed by atoms with E-state index in [0.717, 1.165) is 5.56 Å². The molecule has 1 rings (SSSR count). The lowest BCUT2D eigenvalue weighted by Gasteiger charge is -2.23. The van der Waals surface area contributed by atoms with Crippen LogP contribution >= 0.6 is 23.2 Å². The molecular weight excluding hydrogens is 289 g/mol. The van der Waals surface area contributed by atoms with E-state index in [1.165, 1.54) is 0 Å². The third-order valence-electron chi connectivity index (χ3n) is 2.72. The molecule has 0 aromatic heterocycles. The molecule has 1 aromatic carbocycles. The third kappa shape index (κ3) is 4.70. The Hall–Kier alpha value is -1.30. The van der Waals surface area contributed by atoms with E-state index in [-0.39, 0.29) is 0 Å². The van der Waals surface area contributed by atoms with Crippen LogP contribution in [-0.2, 0) is 11.3 Å². The molecule has 3 N–H and O–H groups in total. The van der Waals surface area contributed by atoms with Crippen LogP contribution in [-0.4, -0.2) is 29.9 Å². The van der Waals surface area contributed by atoms with Crippen LogP contribution in [0, 0.1) is 0 Å². The van der Waals surface area contributed by atoms with Crippen LogP contribution in [0.1, 0.15) is 12.5 Å². The van der Waals surface area contributed by atoms with Crippen molar-refractivity contribution in [2.75, 3.05) is 7.05 Å². The van der Waals surface area contributed by atoms with Gasteiger partial charge in [-0.25, -0.2) is 4.79 Å². The molecule has 0 saturated heterocycles. The Morgan fingerprint density at radius 1 is 1.42 bits per heavy atom. The first-order chi connectivity index (χ1) is 8.81. The first-order valence-corrected chi connectivity index (χ1v) is 6.31. The summed E-state index contributed by atoms with van der Waals surface area (Å²) in [5.41, 5.74) is 5.74. The van der Waals surface area contributed by atoms with Crippen LogP contribution in [0.3, 0.4) is 0 Å². The highest BCUT2D eigenvalue weighted by atomic mass is 35.5. The van der Waals surface area contributed by atoms with Gasteiger partial charge in [-0.3, -0.25) is 15.0 Å². The molecule has 0 saturated carbocycles. The van der Waals surface area contributed by atoms with Crippen LogP contribution in [0.5, 0.6) is 0 Å². The van der Waals surface area contributed by atoms with Gasteiger partial charge in [0.05, 0.1) is 6.04 Å². The highest BCUT2D eigenvalue weighted by Crippen LogP contribution is 2.22. The first kappa shape index (κ1) is 15.8. The lowest BCUT2D eigenvalue weighted by atomic mass is 10.2. The summed E-state index contributed by atoms with van der Waals surface area (Å²) in [6, 6.07) is 3.78. The van der Waals surface area contributed by atoms with E-state index in [1.807, 2.05) is 5.32 Å². The van der Waals surface area contributed by atoms with Gasteiger partial charge in [-0.2, -0.15) is 0 Å². The van der Waals surface area contributed by atoms with Crippen LogP contribution in [0.25, 0.3) is 0 Å². The van der Waals surface area contributed by atoms with Crippen LogP contribution in [0.2, 0.25) is 10.0 Å². The number of hydrogen-bond donors (Lipinski definition) is 2. The number of carbonyl (C=O) groups is 2. The van der Waals surface area contributed by atoms with E-state index < -0.39 is 18.0 Å². The minimum atomic E-state index is -0.866. The highest BCUT2D eigenvalue weighted by molar-refractivity contribution is 6.35. The summed E-state index contributed by atoms with van der Waals surface area (Å²) < 4.78 is 0. The number of carbonyl (C=O) groups excluding carboxylic acids is 2. The number of amides is 3. The summed E-state index contributed by atoms with van der Waals surface area (Å²) in [6.07, 6.45) is 0. The van der Waals surface area contributed by atoms with Crippen molar-refractivity contribution in [3.05, 3.63) is 33.8 Å². The molecule has 0 spiro atoms. The van der Waals surface area contributed by atoms with Gasteiger partial charge in [0.15, 0.2) is 0 Å². The van der Waals surface area contributed by atoms with Crippen molar-refractivity contribution in [2.24, 2.45) is 5.73 Å². The molecule has 0 aliphatic carbocycles. The molecular formula is C12H15Cl2N3O2. The smallest absolute Gasteiger partial charge is 0.318 e. The minimum Gasteiger partial charge on any atom is -0.351 e. The number of rotatable bonds is 4. The molecule has 5 nitrogen and oxygen atoms in total. The van der Waals surface area contributed by atoms with Gasteiger partial charge in [-0.1, -0.05) is 29.3 Å². The lowest BCUT2D eigenvalue weighted by Crippen LogP contribution is -2.46. The molecule has 7 heteroatoms. The molecule has 0 fully saturated rings. The SMILES string of the molecule is C[C@H](C(=O)NC(N)=O)N(C)Cc1ccc(Cl)cc1Cl. The van der Waals surface area contributed by atoms with Crippen LogP contribution in [0.4, 0.5) is 4.79 Å². The number of halogens is 2. The molecule has 0 radical (unpaired) electrons. The molecule has 19 heavy (non-hydrogen) atoms. The van der Waals surface area contributed by atoms with Gasteiger partial charge in [0, 0.05) is 16.6 Å². The van der Waals surface area contributed by atoms with Gasteiger partial charge in [0.2, 0.25) is 5.91 Å². The number of imide groups is 1. The second kappa shape index (κ2) is 6.75. The zero-order valence-corrected chi connectivity index (χ0v) is 12.1.